The fourth-order valence-electron chi connectivity index (χ4n) is 1.09. The third-order valence-electron chi connectivity index (χ3n) is 1.91. The van der Waals surface area contributed by atoms with Crippen LogP contribution in [0, 0.1) is 11.3 Å². The number of nitrogens with zero attached hydrogens (tertiary/aromatic N) is 2. The van der Waals surface area contributed by atoms with Crippen molar-refractivity contribution in [2.45, 2.75) is 12.8 Å². The van der Waals surface area contributed by atoms with Crippen LogP contribution in [-0.2, 0) is 10.1 Å². The molecule has 0 aromatic rings. The SMILES string of the molecule is C[N+](C)(CC#N)CCCCS(=O)(=O)[O-]. The zero-order valence-electron chi connectivity index (χ0n) is 8.56. The summed E-state index contributed by atoms with van der Waals surface area (Å²) >= 11 is 0. The highest BCUT2D eigenvalue weighted by Gasteiger charge is 2.13. The monoisotopic (exact) mass is 220 g/mol. The Morgan fingerprint density at radius 3 is 2.36 bits per heavy atom. The van der Waals surface area contributed by atoms with Crippen molar-refractivity contribution in [3.63, 3.8) is 0 Å². The smallest absolute Gasteiger partial charge is 0.166 e. The first-order valence-electron chi connectivity index (χ1n) is 4.39. The van der Waals surface area contributed by atoms with E-state index in [9.17, 15) is 13.0 Å². The molecule has 6 heteroatoms. The third kappa shape index (κ3) is 7.98. The van der Waals surface area contributed by atoms with Crippen LogP contribution in [0.2, 0.25) is 0 Å². The molecule has 0 aliphatic heterocycles. The Morgan fingerprint density at radius 1 is 1.36 bits per heavy atom. The Balaban J connectivity index is 3.71. The zero-order chi connectivity index (χ0) is 11.2. The van der Waals surface area contributed by atoms with Gasteiger partial charge in [-0.1, -0.05) is 0 Å². The summed E-state index contributed by atoms with van der Waals surface area (Å²) in [4.78, 5) is 0. The Morgan fingerprint density at radius 2 is 1.93 bits per heavy atom. The molecule has 0 rings (SSSR count). The first kappa shape index (κ1) is 13.4. The number of hydrogen-bond donors (Lipinski definition) is 0. The highest BCUT2D eigenvalue weighted by atomic mass is 32.2. The predicted molar refractivity (Wildman–Crippen MR) is 51.3 cm³/mol. The van der Waals surface area contributed by atoms with Crippen molar-refractivity contribution in [2.24, 2.45) is 0 Å². The van der Waals surface area contributed by atoms with E-state index in [2.05, 4.69) is 6.07 Å². The summed E-state index contributed by atoms with van der Waals surface area (Å²) in [5, 5.41) is 8.48. The molecule has 0 saturated heterocycles. The minimum Gasteiger partial charge on any atom is -0.748 e. The first-order chi connectivity index (χ1) is 6.27. The van der Waals surface area contributed by atoms with Crippen molar-refractivity contribution < 1.29 is 17.5 Å². The van der Waals surface area contributed by atoms with Gasteiger partial charge in [-0.3, -0.25) is 0 Å². The maximum atomic E-state index is 10.3. The summed E-state index contributed by atoms with van der Waals surface area (Å²) in [5.41, 5.74) is 0. The van der Waals surface area contributed by atoms with Crippen LogP contribution < -0.4 is 0 Å². The van der Waals surface area contributed by atoms with Gasteiger partial charge in [0.1, 0.15) is 6.07 Å². The Bertz CT molecular complexity index is 303. The van der Waals surface area contributed by atoms with E-state index in [1.165, 1.54) is 0 Å². The summed E-state index contributed by atoms with van der Waals surface area (Å²) < 4.78 is 31.3. The van der Waals surface area contributed by atoms with Gasteiger partial charge in [-0.05, 0) is 12.8 Å². The normalized spacial score (nSPS) is 12.4. The van der Waals surface area contributed by atoms with Crippen LogP contribution in [0.3, 0.4) is 0 Å². The highest BCUT2D eigenvalue weighted by molar-refractivity contribution is 7.85. The standard InChI is InChI=1S/C8H16N2O3S/c1-10(2,7-5-9)6-3-4-8-14(11,12)13/h3-4,6-8H2,1-2H3. The van der Waals surface area contributed by atoms with Crippen LogP contribution in [-0.4, -0.2) is 50.4 Å². The van der Waals surface area contributed by atoms with E-state index in [-0.39, 0.29) is 5.75 Å². The van der Waals surface area contributed by atoms with E-state index in [0.717, 1.165) is 0 Å². The summed E-state index contributed by atoms with van der Waals surface area (Å²) in [6, 6.07) is 2.06. The summed E-state index contributed by atoms with van der Waals surface area (Å²) in [6.07, 6.45) is 1.02. The van der Waals surface area contributed by atoms with E-state index in [1.807, 2.05) is 14.1 Å². The second-order valence-electron chi connectivity index (χ2n) is 3.94. The van der Waals surface area contributed by atoms with Gasteiger partial charge in [0.2, 0.25) is 0 Å². The summed E-state index contributed by atoms with van der Waals surface area (Å²) in [7, 11) is -0.281. The molecule has 0 atom stereocenters. The molecule has 0 fully saturated rings. The van der Waals surface area contributed by atoms with E-state index in [1.54, 1.807) is 0 Å². The molecule has 5 nitrogen and oxygen atoms in total. The lowest BCUT2D eigenvalue weighted by atomic mass is 10.3. The van der Waals surface area contributed by atoms with Crippen LogP contribution in [0.1, 0.15) is 12.8 Å². The molecule has 0 aromatic carbocycles. The van der Waals surface area contributed by atoms with Crippen molar-refractivity contribution in [1.82, 2.24) is 0 Å². The summed E-state index contributed by atoms with van der Waals surface area (Å²) in [5.74, 6) is -0.306. The molecule has 0 spiro atoms. The fraction of sp³-hybridized carbons (Fsp3) is 0.875. The van der Waals surface area contributed by atoms with Gasteiger partial charge in [0, 0.05) is 5.75 Å². The lowest BCUT2D eigenvalue weighted by Gasteiger charge is -2.26. The van der Waals surface area contributed by atoms with Gasteiger partial charge < -0.3 is 9.04 Å². The molecule has 0 aliphatic carbocycles. The largest absolute Gasteiger partial charge is 0.748 e. The molecule has 0 saturated carbocycles. The molecular weight excluding hydrogens is 204 g/mol. The fourth-order valence-corrected chi connectivity index (χ4v) is 1.65. The van der Waals surface area contributed by atoms with Crippen molar-refractivity contribution in [1.29, 1.82) is 5.26 Å². The minimum atomic E-state index is -4.08. The van der Waals surface area contributed by atoms with E-state index in [0.29, 0.717) is 30.4 Å². The molecule has 0 amide bonds. The van der Waals surface area contributed by atoms with Crippen LogP contribution >= 0.6 is 0 Å². The second-order valence-corrected chi connectivity index (χ2v) is 5.47. The zero-order valence-corrected chi connectivity index (χ0v) is 9.38. The maximum Gasteiger partial charge on any atom is 0.166 e. The quantitative estimate of drug-likeness (QED) is 0.271. The van der Waals surface area contributed by atoms with Crippen LogP contribution in [0.4, 0.5) is 0 Å². The number of quaternary nitrogens is 1. The molecule has 0 bridgehead atoms. The van der Waals surface area contributed by atoms with Gasteiger partial charge >= 0.3 is 0 Å². The van der Waals surface area contributed by atoms with Gasteiger partial charge in [0.05, 0.1) is 30.8 Å². The molecule has 0 heterocycles. The average molecular weight is 220 g/mol. The minimum absolute atomic E-state index is 0.306. The van der Waals surface area contributed by atoms with Crippen molar-refractivity contribution in [3.05, 3.63) is 0 Å². The predicted octanol–water partition coefficient (Wildman–Crippen LogP) is -0.0882. The van der Waals surface area contributed by atoms with Crippen LogP contribution in [0.25, 0.3) is 0 Å². The van der Waals surface area contributed by atoms with Crippen molar-refractivity contribution in [3.8, 4) is 6.07 Å². The Labute approximate surface area is 85.3 Å². The lowest BCUT2D eigenvalue weighted by molar-refractivity contribution is -0.883. The third-order valence-corrected chi connectivity index (χ3v) is 2.70. The number of unbranched alkanes of at least 4 members (excludes halogenated alkanes) is 1. The molecule has 82 valence electrons. The van der Waals surface area contributed by atoms with Gasteiger partial charge in [0.25, 0.3) is 0 Å². The lowest BCUT2D eigenvalue weighted by Crippen LogP contribution is -2.40. The maximum absolute atomic E-state index is 10.3. The van der Waals surface area contributed by atoms with Crippen molar-refractivity contribution in [2.75, 3.05) is 32.9 Å². The first-order valence-corrected chi connectivity index (χ1v) is 5.97. The van der Waals surface area contributed by atoms with Gasteiger partial charge in [-0.2, -0.15) is 5.26 Å². The van der Waals surface area contributed by atoms with Crippen molar-refractivity contribution >= 4 is 10.1 Å². The molecule has 0 radical (unpaired) electrons. The van der Waals surface area contributed by atoms with E-state index in [4.69, 9.17) is 5.26 Å². The number of rotatable bonds is 6. The van der Waals surface area contributed by atoms with Gasteiger partial charge in [0.15, 0.2) is 6.54 Å². The van der Waals surface area contributed by atoms with Gasteiger partial charge in [-0.25, -0.2) is 8.42 Å². The van der Waals surface area contributed by atoms with E-state index >= 15 is 0 Å². The molecule has 0 aromatic heterocycles. The number of nitriles is 1. The molecule has 14 heavy (non-hydrogen) atoms. The molecular formula is C8H16N2O3S. The summed E-state index contributed by atoms with van der Waals surface area (Å²) in [6.45, 7) is 1.10. The molecule has 0 aliphatic rings. The van der Waals surface area contributed by atoms with E-state index < -0.39 is 10.1 Å². The Hall–Kier alpha value is -0.640. The highest BCUT2D eigenvalue weighted by Crippen LogP contribution is 2.02. The van der Waals surface area contributed by atoms with Crippen LogP contribution in [0.5, 0.6) is 0 Å². The Kier molecular flexibility index (Phi) is 5.05. The molecule has 0 unspecified atom stereocenters. The second kappa shape index (κ2) is 5.29. The van der Waals surface area contributed by atoms with Crippen LogP contribution in [0.15, 0.2) is 0 Å². The molecule has 0 N–H and O–H groups in total. The number of hydrogen-bond acceptors (Lipinski definition) is 4. The van der Waals surface area contributed by atoms with Gasteiger partial charge in [-0.15, -0.1) is 0 Å². The topological polar surface area (TPSA) is 81.0 Å². The average Bonchev–Trinajstić information content (AvgIpc) is 1.96.